The Morgan fingerprint density at radius 1 is 1.00 bits per heavy atom. The highest BCUT2D eigenvalue weighted by Gasteiger charge is 2.11. The minimum atomic E-state index is -0.373. The van der Waals surface area contributed by atoms with Crippen molar-refractivity contribution in [1.82, 2.24) is 16.2 Å². The van der Waals surface area contributed by atoms with E-state index in [-0.39, 0.29) is 24.4 Å². The molecule has 23 heavy (non-hydrogen) atoms. The standard InChI is InChI=1S/C17H18BrN3O2/c1-12(13-7-3-2-4-8-13)19-11-16(22)20-21-17(23)14-9-5-6-10-15(14)18/h2-10,12,19H,11H2,1H3,(H,20,22)(H,21,23)/t12-/m1/s1. The second-order valence-electron chi connectivity index (χ2n) is 5.00. The lowest BCUT2D eigenvalue weighted by Crippen LogP contribution is -2.45. The molecule has 0 aliphatic rings. The van der Waals surface area contributed by atoms with E-state index in [0.29, 0.717) is 10.0 Å². The molecule has 0 bridgehead atoms. The molecule has 0 heterocycles. The van der Waals surface area contributed by atoms with Gasteiger partial charge in [0.2, 0.25) is 0 Å². The summed E-state index contributed by atoms with van der Waals surface area (Å²) in [5.41, 5.74) is 6.34. The fourth-order valence-corrected chi connectivity index (χ4v) is 2.45. The molecule has 1 atom stereocenters. The van der Waals surface area contributed by atoms with Crippen molar-refractivity contribution < 1.29 is 9.59 Å². The zero-order valence-electron chi connectivity index (χ0n) is 12.7. The van der Waals surface area contributed by atoms with Crippen LogP contribution < -0.4 is 16.2 Å². The van der Waals surface area contributed by atoms with Crippen LogP contribution in [-0.2, 0) is 4.79 Å². The summed E-state index contributed by atoms with van der Waals surface area (Å²) in [4.78, 5) is 23.8. The van der Waals surface area contributed by atoms with E-state index in [0.717, 1.165) is 5.56 Å². The number of carbonyl (C=O) groups is 2. The van der Waals surface area contributed by atoms with Gasteiger partial charge in [-0.25, -0.2) is 0 Å². The Bertz CT molecular complexity index is 677. The van der Waals surface area contributed by atoms with Crippen molar-refractivity contribution in [1.29, 1.82) is 0 Å². The van der Waals surface area contributed by atoms with Gasteiger partial charge in [0.15, 0.2) is 0 Å². The van der Waals surface area contributed by atoms with Crippen molar-refractivity contribution in [3.63, 3.8) is 0 Å². The molecular weight excluding hydrogens is 358 g/mol. The summed E-state index contributed by atoms with van der Waals surface area (Å²) in [6.07, 6.45) is 0. The topological polar surface area (TPSA) is 70.2 Å². The molecule has 2 rings (SSSR count). The molecule has 2 aromatic rings. The zero-order chi connectivity index (χ0) is 16.7. The first-order valence-electron chi connectivity index (χ1n) is 7.20. The molecule has 3 N–H and O–H groups in total. The highest BCUT2D eigenvalue weighted by Crippen LogP contribution is 2.15. The average Bonchev–Trinajstić information content (AvgIpc) is 2.58. The number of nitrogens with one attached hydrogen (secondary N) is 3. The Labute approximate surface area is 143 Å². The van der Waals surface area contributed by atoms with Crippen LogP contribution in [0.1, 0.15) is 28.9 Å². The van der Waals surface area contributed by atoms with E-state index in [1.807, 2.05) is 43.3 Å². The van der Waals surface area contributed by atoms with Crippen LogP contribution in [0.3, 0.4) is 0 Å². The van der Waals surface area contributed by atoms with Gasteiger partial charge in [-0.1, -0.05) is 42.5 Å². The summed E-state index contributed by atoms with van der Waals surface area (Å²) in [7, 11) is 0. The van der Waals surface area contributed by atoms with Crippen molar-refractivity contribution in [2.24, 2.45) is 0 Å². The molecule has 0 fully saturated rings. The summed E-state index contributed by atoms with van der Waals surface area (Å²) >= 11 is 3.29. The maximum absolute atomic E-state index is 12.0. The number of benzene rings is 2. The average molecular weight is 376 g/mol. The van der Waals surface area contributed by atoms with Gasteiger partial charge >= 0.3 is 0 Å². The number of hydrogen-bond acceptors (Lipinski definition) is 3. The Kier molecular flexibility index (Phi) is 6.31. The predicted molar refractivity (Wildman–Crippen MR) is 92.6 cm³/mol. The van der Waals surface area contributed by atoms with Gasteiger partial charge in [-0.05, 0) is 40.5 Å². The van der Waals surface area contributed by atoms with Gasteiger partial charge in [0.1, 0.15) is 0 Å². The molecule has 2 aromatic carbocycles. The highest BCUT2D eigenvalue weighted by molar-refractivity contribution is 9.10. The Morgan fingerprint density at radius 3 is 2.35 bits per heavy atom. The molecule has 2 amide bonds. The van der Waals surface area contributed by atoms with E-state index in [1.165, 1.54) is 0 Å². The van der Waals surface area contributed by atoms with Crippen molar-refractivity contribution in [3.8, 4) is 0 Å². The summed E-state index contributed by atoms with van der Waals surface area (Å²) in [6, 6.07) is 16.9. The fraction of sp³-hybridized carbons (Fsp3) is 0.176. The minimum Gasteiger partial charge on any atom is -0.302 e. The van der Waals surface area contributed by atoms with Crippen molar-refractivity contribution in [2.75, 3.05) is 6.54 Å². The van der Waals surface area contributed by atoms with E-state index >= 15 is 0 Å². The van der Waals surface area contributed by atoms with Gasteiger partial charge in [-0.2, -0.15) is 0 Å². The normalized spacial score (nSPS) is 11.6. The van der Waals surface area contributed by atoms with Crippen LogP contribution in [0.25, 0.3) is 0 Å². The monoisotopic (exact) mass is 375 g/mol. The van der Waals surface area contributed by atoms with Crippen LogP contribution in [-0.4, -0.2) is 18.4 Å². The Balaban J connectivity index is 1.77. The van der Waals surface area contributed by atoms with Crippen LogP contribution in [0, 0.1) is 0 Å². The highest BCUT2D eigenvalue weighted by atomic mass is 79.9. The lowest BCUT2D eigenvalue weighted by atomic mass is 10.1. The second kappa shape index (κ2) is 8.45. The van der Waals surface area contributed by atoms with E-state index in [4.69, 9.17) is 0 Å². The van der Waals surface area contributed by atoms with Gasteiger partial charge in [0.25, 0.3) is 11.8 Å². The summed E-state index contributed by atoms with van der Waals surface area (Å²) in [5.74, 6) is -0.685. The van der Waals surface area contributed by atoms with Gasteiger partial charge in [0, 0.05) is 10.5 Å². The van der Waals surface area contributed by atoms with E-state index in [1.54, 1.807) is 18.2 Å². The van der Waals surface area contributed by atoms with Crippen LogP contribution >= 0.6 is 15.9 Å². The number of hydrazine groups is 1. The molecule has 0 spiro atoms. The molecule has 6 heteroatoms. The molecule has 5 nitrogen and oxygen atoms in total. The second-order valence-corrected chi connectivity index (χ2v) is 5.85. The molecule has 0 aromatic heterocycles. The molecule has 0 aliphatic carbocycles. The third-order valence-corrected chi connectivity index (χ3v) is 3.99. The van der Waals surface area contributed by atoms with Gasteiger partial charge in [0.05, 0.1) is 12.1 Å². The van der Waals surface area contributed by atoms with Gasteiger partial charge in [-0.15, -0.1) is 0 Å². The van der Waals surface area contributed by atoms with E-state index < -0.39 is 0 Å². The first-order valence-corrected chi connectivity index (χ1v) is 7.99. The molecule has 120 valence electrons. The molecule has 0 radical (unpaired) electrons. The number of hydrogen-bond donors (Lipinski definition) is 3. The molecule has 0 saturated carbocycles. The van der Waals surface area contributed by atoms with E-state index in [2.05, 4.69) is 32.1 Å². The van der Waals surface area contributed by atoms with Crippen LogP contribution in [0.2, 0.25) is 0 Å². The zero-order valence-corrected chi connectivity index (χ0v) is 14.3. The number of halogens is 1. The predicted octanol–water partition coefficient (Wildman–Crippen LogP) is 2.56. The van der Waals surface area contributed by atoms with Crippen LogP contribution in [0.4, 0.5) is 0 Å². The third-order valence-electron chi connectivity index (χ3n) is 3.30. The molecular formula is C17H18BrN3O2. The first-order chi connectivity index (χ1) is 11.1. The van der Waals surface area contributed by atoms with Crippen LogP contribution in [0.5, 0.6) is 0 Å². The maximum atomic E-state index is 12.0. The van der Waals surface area contributed by atoms with Gasteiger partial charge in [-0.3, -0.25) is 20.4 Å². The molecule has 0 saturated heterocycles. The minimum absolute atomic E-state index is 0.0425. The third kappa shape index (κ3) is 5.19. The molecule has 0 aliphatic heterocycles. The molecule has 0 unspecified atom stereocenters. The van der Waals surface area contributed by atoms with Crippen molar-refractivity contribution in [2.45, 2.75) is 13.0 Å². The SMILES string of the molecule is C[C@@H](NCC(=O)NNC(=O)c1ccccc1Br)c1ccccc1. The largest absolute Gasteiger partial charge is 0.302 e. The lowest BCUT2D eigenvalue weighted by Gasteiger charge is -2.14. The number of rotatable bonds is 5. The number of amides is 2. The summed E-state index contributed by atoms with van der Waals surface area (Å²) < 4.78 is 0.669. The van der Waals surface area contributed by atoms with E-state index in [9.17, 15) is 9.59 Å². The van der Waals surface area contributed by atoms with Crippen molar-refractivity contribution in [3.05, 3.63) is 70.2 Å². The first kappa shape index (κ1) is 17.2. The quantitative estimate of drug-likeness (QED) is 0.703. The maximum Gasteiger partial charge on any atom is 0.270 e. The fourth-order valence-electron chi connectivity index (χ4n) is 1.99. The smallest absolute Gasteiger partial charge is 0.270 e. The Morgan fingerprint density at radius 2 is 1.65 bits per heavy atom. The van der Waals surface area contributed by atoms with Crippen molar-refractivity contribution >= 4 is 27.7 Å². The summed E-state index contributed by atoms with van der Waals surface area (Å²) in [5, 5.41) is 3.10. The van der Waals surface area contributed by atoms with Gasteiger partial charge < -0.3 is 5.32 Å². The summed E-state index contributed by atoms with van der Waals surface area (Å²) in [6.45, 7) is 2.08. The number of carbonyl (C=O) groups excluding carboxylic acids is 2. The van der Waals surface area contributed by atoms with Crippen LogP contribution in [0.15, 0.2) is 59.1 Å². The Hall–Kier alpha value is -2.18. The lowest BCUT2D eigenvalue weighted by molar-refractivity contribution is -0.121.